The molecule has 46 heavy (non-hydrogen) atoms. The van der Waals surface area contributed by atoms with Gasteiger partial charge in [0.15, 0.2) is 18.9 Å². The predicted molar refractivity (Wildman–Crippen MR) is 138 cm³/mol. The summed E-state index contributed by atoms with van der Waals surface area (Å²) >= 11 is 0. The van der Waals surface area contributed by atoms with Gasteiger partial charge in [0.1, 0.15) is 98.2 Å². The lowest BCUT2D eigenvalue weighted by atomic mass is 9.98. The van der Waals surface area contributed by atoms with Crippen LogP contribution in [0.2, 0.25) is 0 Å². The third-order valence-corrected chi connectivity index (χ3v) is 7.58. The van der Waals surface area contributed by atoms with Gasteiger partial charge in [-0.05, 0) is 0 Å². The van der Waals surface area contributed by atoms with E-state index >= 15 is 0 Å². The first-order chi connectivity index (χ1) is 21.5. The van der Waals surface area contributed by atoms with Gasteiger partial charge >= 0.3 is 0 Å². The van der Waals surface area contributed by atoms with Gasteiger partial charge in [-0.2, -0.15) is 0 Å². The minimum Gasteiger partial charge on any atom is -0.394 e. The topological polar surface area (TPSA) is 387 Å². The minimum absolute atomic E-state index is 0.0258. The zero-order valence-corrected chi connectivity index (χ0v) is 24.0. The first-order valence-electron chi connectivity index (χ1n) is 13.9. The molecule has 0 amide bonds. The second-order valence-corrected chi connectivity index (χ2v) is 10.8. The van der Waals surface area contributed by atoms with Crippen LogP contribution in [-0.2, 0) is 28.5 Å². The summed E-state index contributed by atoms with van der Waals surface area (Å²) in [6.07, 6.45) is -28.6. The minimum atomic E-state index is -2.36. The Balaban J connectivity index is 0.000000521. The van der Waals surface area contributed by atoms with E-state index in [0.717, 1.165) is 0 Å². The smallest absolute Gasteiger partial charge is 0.224 e. The number of carbonyl (C=O) groups is 1. The summed E-state index contributed by atoms with van der Waals surface area (Å²) in [6, 6.07) is 0. The van der Waals surface area contributed by atoms with E-state index in [0.29, 0.717) is 0 Å². The van der Waals surface area contributed by atoms with Crippen LogP contribution in [0.25, 0.3) is 0 Å². The fourth-order valence-corrected chi connectivity index (χ4v) is 4.63. The molecule has 3 aliphatic rings. The van der Waals surface area contributed by atoms with Gasteiger partial charge in [0, 0.05) is 0 Å². The Kier molecular flexibility index (Phi) is 16.0. The molecule has 22 heteroatoms. The van der Waals surface area contributed by atoms with Crippen LogP contribution in [0, 0.1) is 0 Å². The van der Waals surface area contributed by atoms with Crippen LogP contribution >= 0.6 is 0 Å². The van der Waals surface area contributed by atoms with Crippen molar-refractivity contribution in [2.45, 2.75) is 110 Å². The standard InChI is InChI=1S/C18H32O16.C6H12O6/c19-1-5-8(22)11(25)13(27)16(31-5)30-3-7-9(23)12(26)14(28)17(32-7)34-18(4-21)15(29)10(24)6(2-20)33-18;7-1-3(9)5(11)6(12)4(10)2-8/h5-17,19-29H,1-4H2;1,3-6,8-12H,2H2/t5-,6-,7-,8+,9-,10-,11+,12+,13-,14-,15+,16+,17-,18+;3-,4+,5+,6+/m10/s1. The molecule has 0 radical (unpaired) electrons. The maximum atomic E-state index is 10.3. The molecule has 22 nitrogen and oxygen atoms in total. The highest BCUT2D eigenvalue weighted by atomic mass is 16.8. The van der Waals surface area contributed by atoms with E-state index in [2.05, 4.69) is 0 Å². The zero-order chi connectivity index (χ0) is 35.1. The lowest BCUT2D eigenvalue weighted by molar-refractivity contribution is -0.388. The van der Waals surface area contributed by atoms with E-state index in [-0.39, 0.29) is 6.29 Å². The van der Waals surface area contributed by atoms with Gasteiger partial charge in [0.2, 0.25) is 5.79 Å². The van der Waals surface area contributed by atoms with Crippen molar-refractivity contribution >= 4 is 6.29 Å². The Morgan fingerprint density at radius 1 is 0.652 bits per heavy atom. The summed E-state index contributed by atoms with van der Waals surface area (Å²) in [6.45, 7) is -3.90. The van der Waals surface area contributed by atoms with E-state index in [4.69, 9.17) is 49.2 Å². The fraction of sp³-hybridized carbons (Fsp3) is 0.958. The molecular weight excluding hydrogens is 640 g/mol. The molecular formula is C24H44O22. The van der Waals surface area contributed by atoms with Crippen molar-refractivity contribution in [2.75, 3.05) is 33.0 Å². The molecule has 0 saturated carbocycles. The van der Waals surface area contributed by atoms with Gasteiger partial charge in [-0.3, -0.25) is 0 Å². The average Bonchev–Trinajstić information content (AvgIpc) is 3.31. The normalized spacial score (nSPS) is 44.0. The number of hydrogen-bond acceptors (Lipinski definition) is 22. The molecule has 0 aromatic rings. The lowest BCUT2D eigenvalue weighted by Crippen LogP contribution is -2.63. The fourth-order valence-electron chi connectivity index (χ4n) is 4.63. The quantitative estimate of drug-likeness (QED) is 0.0800. The van der Waals surface area contributed by atoms with Crippen LogP contribution in [-0.4, -0.2) is 231 Å². The highest BCUT2D eigenvalue weighted by Gasteiger charge is 2.58. The van der Waals surface area contributed by atoms with Gasteiger partial charge < -0.3 is 110 Å². The SMILES string of the molecule is O=C[C@H](O)[C@@H](O)[C@H](O)[C@H](O)CO.OC[C@H]1O[C@H](OC[C@H]2O[C@H](O[C@]3(CO)O[C@H](CO)[C@@H](O)[C@@H]3O)[C@H](O)[C@@H](O)[C@@H]2O)[C@H](O)[C@@H](O)[C@H]1O. The number of hydrogen-bond donors (Lipinski definition) is 16. The molecule has 3 aliphatic heterocycles. The van der Waals surface area contributed by atoms with E-state index < -0.39 is 143 Å². The summed E-state index contributed by atoms with van der Waals surface area (Å²) in [5, 5.41) is 152. The van der Waals surface area contributed by atoms with Crippen LogP contribution in [0.3, 0.4) is 0 Å². The summed E-state index contributed by atoms with van der Waals surface area (Å²) in [7, 11) is 0. The molecule has 0 aromatic heterocycles. The summed E-state index contributed by atoms with van der Waals surface area (Å²) in [4.78, 5) is 9.90. The van der Waals surface area contributed by atoms with Crippen molar-refractivity contribution in [3.8, 4) is 0 Å². The Bertz CT molecular complexity index is 900. The molecule has 3 fully saturated rings. The lowest BCUT2D eigenvalue weighted by Gasteiger charge is -2.44. The van der Waals surface area contributed by atoms with Crippen LogP contribution in [0.5, 0.6) is 0 Å². The van der Waals surface area contributed by atoms with Crippen molar-refractivity contribution < 1.29 is 110 Å². The number of aliphatic hydroxyl groups excluding tert-OH is 16. The number of ether oxygens (including phenoxy) is 5. The first-order valence-corrected chi connectivity index (χ1v) is 13.9. The monoisotopic (exact) mass is 684 g/mol. The number of aliphatic hydroxyl groups is 16. The van der Waals surface area contributed by atoms with Crippen molar-refractivity contribution in [2.24, 2.45) is 0 Å². The highest BCUT2D eigenvalue weighted by Crippen LogP contribution is 2.36. The highest BCUT2D eigenvalue weighted by molar-refractivity contribution is 5.56. The Morgan fingerprint density at radius 2 is 1.17 bits per heavy atom. The van der Waals surface area contributed by atoms with E-state index in [9.17, 15) is 61.0 Å². The van der Waals surface area contributed by atoms with Gasteiger partial charge in [-0.15, -0.1) is 0 Å². The third-order valence-electron chi connectivity index (χ3n) is 7.58. The molecule has 0 aliphatic carbocycles. The maximum Gasteiger partial charge on any atom is 0.224 e. The zero-order valence-electron chi connectivity index (χ0n) is 24.0. The van der Waals surface area contributed by atoms with Gasteiger partial charge in [-0.1, -0.05) is 0 Å². The summed E-state index contributed by atoms with van der Waals surface area (Å²) in [5.74, 6) is -2.36. The number of aldehydes is 1. The van der Waals surface area contributed by atoms with Crippen LogP contribution in [0.4, 0.5) is 0 Å². The van der Waals surface area contributed by atoms with Crippen molar-refractivity contribution in [3.05, 3.63) is 0 Å². The molecule has 0 unspecified atom stereocenters. The Morgan fingerprint density at radius 3 is 1.65 bits per heavy atom. The number of rotatable bonds is 13. The van der Waals surface area contributed by atoms with Crippen molar-refractivity contribution in [3.63, 3.8) is 0 Å². The van der Waals surface area contributed by atoms with E-state index in [1.165, 1.54) is 0 Å². The van der Waals surface area contributed by atoms with E-state index in [1.54, 1.807) is 0 Å². The average molecular weight is 685 g/mol. The Labute approximate surface area is 260 Å². The van der Waals surface area contributed by atoms with Gasteiger partial charge in [0.25, 0.3) is 0 Å². The first kappa shape index (κ1) is 41.0. The van der Waals surface area contributed by atoms with Crippen molar-refractivity contribution in [1.82, 2.24) is 0 Å². The molecule has 0 spiro atoms. The molecule has 18 atom stereocenters. The van der Waals surface area contributed by atoms with E-state index in [1.807, 2.05) is 0 Å². The van der Waals surface area contributed by atoms with Crippen LogP contribution < -0.4 is 0 Å². The largest absolute Gasteiger partial charge is 0.394 e. The molecule has 3 saturated heterocycles. The molecule has 3 heterocycles. The van der Waals surface area contributed by atoms with Gasteiger partial charge in [0.05, 0.1) is 26.4 Å². The molecule has 0 bridgehead atoms. The van der Waals surface area contributed by atoms with Crippen LogP contribution in [0.1, 0.15) is 0 Å². The summed E-state index contributed by atoms with van der Waals surface area (Å²) in [5.41, 5.74) is 0. The predicted octanol–water partition coefficient (Wildman–Crippen LogP) is -11.0. The molecule has 0 aromatic carbocycles. The second kappa shape index (κ2) is 18.0. The second-order valence-electron chi connectivity index (χ2n) is 10.8. The third kappa shape index (κ3) is 9.08. The van der Waals surface area contributed by atoms with Gasteiger partial charge in [-0.25, -0.2) is 0 Å². The molecule has 16 N–H and O–H groups in total. The Hall–Kier alpha value is -1.17. The molecule has 3 rings (SSSR count). The maximum absolute atomic E-state index is 10.3. The van der Waals surface area contributed by atoms with Crippen molar-refractivity contribution in [1.29, 1.82) is 0 Å². The number of carbonyl (C=O) groups excluding carboxylic acids is 1. The molecule has 272 valence electrons. The summed E-state index contributed by atoms with van der Waals surface area (Å²) < 4.78 is 26.4. The van der Waals surface area contributed by atoms with Crippen LogP contribution in [0.15, 0.2) is 0 Å².